The summed E-state index contributed by atoms with van der Waals surface area (Å²) in [5, 5.41) is 0. The highest BCUT2D eigenvalue weighted by atomic mass is 16.7. The standard InChI is InChI=1S/C19H32O8/c1-5-8-15(20)24-12-14-19(27-17(22)10-7-3)13(11-18(23-4)26-14)25-16(21)9-6-2/h13-14,18-19H,5-12H2,1-4H3/t13-,14-,18+,19+/m1/s1. The lowest BCUT2D eigenvalue weighted by molar-refractivity contribution is -0.261. The summed E-state index contributed by atoms with van der Waals surface area (Å²) < 4.78 is 27.3. The van der Waals surface area contributed by atoms with E-state index >= 15 is 0 Å². The van der Waals surface area contributed by atoms with Gasteiger partial charge in [0.25, 0.3) is 0 Å². The molecule has 1 rings (SSSR count). The summed E-state index contributed by atoms with van der Waals surface area (Å²) >= 11 is 0. The van der Waals surface area contributed by atoms with Gasteiger partial charge in [-0.25, -0.2) is 0 Å². The van der Waals surface area contributed by atoms with Crippen LogP contribution < -0.4 is 0 Å². The lowest BCUT2D eigenvalue weighted by atomic mass is 10.0. The fourth-order valence-corrected chi connectivity index (χ4v) is 2.74. The molecule has 27 heavy (non-hydrogen) atoms. The van der Waals surface area contributed by atoms with E-state index in [9.17, 15) is 14.4 Å². The number of hydrogen-bond donors (Lipinski definition) is 0. The van der Waals surface area contributed by atoms with Crippen molar-refractivity contribution >= 4 is 17.9 Å². The molecule has 0 spiro atoms. The SMILES string of the molecule is CCCC(=O)OC[C@H]1O[C@H](OC)C[C@@H](OC(=O)CCC)[C@@H]1OC(=O)CCC. The van der Waals surface area contributed by atoms with E-state index in [0.29, 0.717) is 19.3 Å². The lowest BCUT2D eigenvalue weighted by Crippen LogP contribution is -2.54. The Morgan fingerprint density at radius 2 is 1.44 bits per heavy atom. The third kappa shape index (κ3) is 8.26. The average molecular weight is 388 g/mol. The molecular weight excluding hydrogens is 356 g/mol. The molecule has 1 saturated heterocycles. The van der Waals surface area contributed by atoms with Crippen molar-refractivity contribution in [1.82, 2.24) is 0 Å². The fourth-order valence-electron chi connectivity index (χ4n) is 2.74. The van der Waals surface area contributed by atoms with Crippen LogP contribution in [0.1, 0.15) is 65.7 Å². The molecule has 8 nitrogen and oxygen atoms in total. The maximum Gasteiger partial charge on any atom is 0.306 e. The van der Waals surface area contributed by atoms with Crippen molar-refractivity contribution < 1.29 is 38.1 Å². The van der Waals surface area contributed by atoms with E-state index in [0.717, 1.165) is 0 Å². The predicted octanol–water partition coefficient (Wildman–Crippen LogP) is 2.51. The molecule has 1 aliphatic heterocycles. The Morgan fingerprint density at radius 1 is 0.889 bits per heavy atom. The number of rotatable bonds is 11. The van der Waals surface area contributed by atoms with Gasteiger partial charge in [0.05, 0.1) is 0 Å². The zero-order chi connectivity index (χ0) is 20.2. The molecule has 0 unspecified atom stereocenters. The van der Waals surface area contributed by atoms with Gasteiger partial charge in [0.2, 0.25) is 0 Å². The van der Waals surface area contributed by atoms with Gasteiger partial charge in [0.1, 0.15) is 18.8 Å². The van der Waals surface area contributed by atoms with Gasteiger partial charge in [0, 0.05) is 32.8 Å². The molecule has 0 aromatic rings. The number of carbonyl (C=O) groups excluding carboxylic acids is 3. The Bertz CT molecular complexity index is 478. The van der Waals surface area contributed by atoms with Gasteiger partial charge in [0.15, 0.2) is 12.4 Å². The number of methoxy groups -OCH3 is 1. The van der Waals surface area contributed by atoms with Crippen molar-refractivity contribution in [3.05, 3.63) is 0 Å². The zero-order valence-electron chi connectivity index (χ0n) is 16.7. The van der Waals surface area contributed by atoms with E-state index in [4.69, 9.17) is 23.7 Å². The quantitative estimate of drug-likeness (QED) is 0.393. The summed E-state index contributed by atoms with van der Waals surface area (Å²) in [6.45, 7) is 5.50. The summed E-state index contributed by atoms with van der Waals surface area (Å²) in [5.74, 6) is -1.15. The van der Waals surface area contributed by atoms with Crippen molar-refractivity contribution in [2.75, 3.05) is 13.7 Å². The molecule has 4 atom stereocenters. The molecule has 156 valence electrons. The van der Waals surface area contributed by atoms with Gasteiger partial charge in [-0.05, 0) is 19.3 Å². The van der Waals surface area contributed by atoms with E-state index < -0.39 is 30.6 Å². The summed E-state index contributed by atoms with van der Waals surface area (Å²) in [7, 11) is 1.47. The molecular formula is C19H32O8. The van der Waals surface area contributed by atoms with E-state index in [1.54, 1.807) is 0 Å². The first-order chi connectivity index (χ1) is 12.9. The molecule has 0 aromatic heterocycles. The molecule has 0 amide bonds. The molecule has 0 bridgehead atoms. The van der Waals surface area contributed by atoms with Crippen molar-refractivity contribution in [2.24, 2.45) is 0 Å². The number of hydrogen-bond acceptors (Lipinski definition) is 8. The smallest absolute Gasteiger partial charge is 0.306 e. The largest absolute Gasteiger partial charge is 0.463 e. The molecule has 0 radical (unpaired) electrons. The molecule has 8 heteroatoms. The minimum atomic E-state index is -0.856. The second-order valence-corrected chi connectivity index (χ2v) is 6.49. The van der Waals surface area contributed by atoms with Crippen molar-refractivity contribution in [2.45, 2.75) is 90.3 Å². The highest BCUT2D eigenvalue weighted by molar-refractivity contribution is 5.71. The molecule has 0 saturated carbocycles. The van der Waals surface area contributed by atoms with E-state index in [1.807, 2.05) is 20.8 Å². The number of esters is 3. The normalized spacial score (nSPS) is 24.9. The Labute approximate surface area is 160 Å². The first-order valence-electron chi connectivity index (χ1n) is 9.67. The molecule has 0 aromatic carbocycles. The van der Waals surface area contributed by atoms with Crippen LogP contribution in [0.5, 0.6) is 0 Å². The molecule has 1 fully saturated rings. The van der Waals surface area contributed by atoms with E-state index in [-0.39, 0.29) is 44.2 Å². The minimum absolute atomic E-state index is 0.107. The van der Waals surface area contributed by atoms with Gasteiger partial charge in [-0.2, -0.15) is 0 Å². The number of carbonyl (C=O) groups is 3. The second kappa shape index (κ2) is 12.7. The lowest BCUT2D eigenvalue weighted by Gasteiger charge is -2.39. The number of ether oxygens (including phenoxy) is 5. The van der Waals surface area contributed by atoms with Crippen LogP contribution in [0.4, 0.5) is 0 Å². The summed E-state index contributed by atoms with van der Waals surface area (Å²) in [6, 6.07) is 0. The van der Waals surface area contributed by atoms with E-state index in [1.165, 1.54) is 7.11 Å². The van der Waals surface area contributed by atoms with Crippen LogP contribution in [-0.4, -0.2) is 56.2 Å². The van der Waals surface area contributed by atoms with Gasteiger partial charge in [-0.1, -0.05) is 20.8 Å². The third-order valence-corrected chi connectivity index (χ3v) is 4.07. The van der Waals surface area contributed by atoms with Gasteiger partial charge in [-0.15, -0.1) is 0 Å². The van der Waals surface area contributed by atoms with Crippen LogP contribution in [-0.2, 0) is 38.1 Å². The molecule has 1 aliphatic rings. The predicted molar refractivity (Wildman–Crippen MR) is 95.7 cm³/mol. The third-order valence-electron chi connectivity index (χ3n) is 4.07. The Hall–Kier alpha value is -1.67. The van der Waals surface area contributed by atoms with Crippen LogP contribution in [0.3, 0.4) is 0 Å². The highest BCUT2D eigenvalue weighted by Gasteiger charge is 2.44. The summed E-state index contributed by atoms with van der Waals surface area (Å²) in [4.78, 5) is 35.8. The van der Waals surface area contributed by atoms with Crippen LogP contribution in [0, 0.1) is 0 Å². The maximum atomic E-state index is 12.0. The van der Waals surface area contributed by atoms with Gasteiger partial charge in [-0.3, -0.25) is 14.4 Å². The first kappa shape index (κ1) is 23.4. The van der Waals surface area contributed by atoms with Crippen LogP contribution in [0.15, 0.2) is 0 Å². The topological polar surface area (TPSA) is 97.4 Å². The monoisotopic (exact) mass is 388 g/mol. The van der Waals surface area contributed by atoms with E-state index in [2.05, 4.69) is 0 Å². The summed E-state index contributed by atoms with van der Waals surface area (Å²) in [6.07, 6.45) is -0.0441. The van der Waals surface area contributed by atoms with Gasteiger partial charge < -0.3 is 23.7 Å². The summed E-state index contributed by atoms with van der Waals surface area (Å²) in [5.41, 5.74) is 0. The molecule has 0 N–H and O–H groups in total. The molecule has 1 heterocycles. The average Bonchev–Trinajstić information content (AvgIpc) is 2.62. The minimum Gasteiger partial charge on any atom is -0.463 e. The molecule has 0 aliphatic carbocycles. The van der Waals surface area contributed by atoms with Crippen molar-refractivity contribution in [3.8, 4) is 0 Å². The Balaban J connectivity index is 2.91. The van der Waals surface area contributed by atoms with Crippen molar-refractivity contribution in [1.29, 1.82) is 0 Å². The second-order valence-electron chi connectivity index (χ2n) is 6.49. The van der Waals surface area contributed by atoms with Crippen LogP contribution >= 0.6 is 0 Å². The van der Waals surface area contributed by atoms with Gasteiger partial charge >= 0.3 is 17.9 Å². The van der Waals surface area contributed by atoms with Crippen molar-refractivity contribution in [3.63, 3.8) is 0 Å². The maximum absolute atomic E-state index is 12.0. The highest BCUT2D eigenvalue weighted by Crippen LogP contribution is 2.27. The van der Waals surface area contributed by atoms with Crippen LogP contribution in [0.25, 0.3) is 0 Å². The van der Waals surface area contributed by atoms with Crippen LogP contribution in [0.2, 0.25) is 0 Å². The Morgan fingerprint density at radius 3 is 2.00 bits per heavy atom. The zero-order valence-corrected chi connectivity index (χ0v) is 16.7. The fraction of sp³-hybridized carbons (Fsp3) is 0.842. The first-order valence-corrected chi connectivity index (χ1v) is 9.67. The Kier molecular flexibility index (Phi) is 11.0.